The molecule has 2 aromatic rings. The Hall–Kier alpha value is -1.91. The van der Waals surface area contributed by atoms with Gasteiger partial charge in [-0.15, -0.1) is 10.2 Å². The molecule has 0 unspecified atom stereocenters. The van der Waals surface area contributed by atoms with E-state index < -0.39 is 5.97 Å². The minimum absolute atomic E-state index is 0.268. The van der Waals surface area contributed by atoms with E-state index in [1.54, 1.807) is 22.7 Å². The summed E-state index contributed by atoms with van der Waals surface area (Å²) in [5.74, 6) is 0.648. The van der Waals surface area contributed by atoms with Crippen LogP contribution in [0.1, 0.15) is 29.0 Å². The lowest BCUT2D eigenvalue weighted by Crippen LogP contribution is -2.01. The first-order valence-corrected chi connectivity index (χ1v) is 5.31. The maximum atomic E-state index is 10.9. The number of carboxylic acid groups (broad SMARTS) is 1. The predicted molar refractivity (Wildman–Crippen MR) is 56.4 cm³/mol. The fourth-order valence-electron chi connectivity index (χ4n) is 1.78. The largest absolute Gasteiger partial charge is 0.478 e. The van der Waals surface area contributed by atoms with Crippen LogP contribution in [0.25, 0.3) is 5.65 Å². The van der Waals surface area contributed by atoms with E-state index in [1.807, 2.05) is 0 Å². The molecule has 2 heterocycles. The average molecular weight is 217 g/mol. The molecular formula is C11H11N3O2. The molecule has 3 rings (SSSR count). The van der Waals surface area contributed by atoms with Gasteiger partial charge in [-0.25, -0.2) is 4.79 Å². The number of pyridine rings is 1. The molecule has 0 radical (unpaired) electrons. The minimum atomic E-state index is -0.923. The maximum absolute atomic E-state index is 10.9. The van der Waals surface area contributed by atoms with Crippen LogP contribution in [0, 0.1) is 5.92 Å². The van der Waals surface area contributed by atoms with E-state index in [-0.39, 0.29) is 5.56 Å². The van der Waals surface area contributed by atoms with Gasteiger partial charge in [-0.1, -0.05) is 0 Å². The van der Waals surface area contributed by atoms with E-state index in [1.165, 1.54) is 12.8 Å². The number of hydrogen-bond donors (Lipinski definition) is 1. The van der Waals surface area contributed by atoms with Gasteiger partial charge in [0.15, 0.2) is 5.65 Å². The molecule has 1 saturated carbocycles. The standard InChI is InChI=1S/C11H11N3O2/c15-11(16)8-3-4-9-12-13-10(14(9)6-8)5-7-1-2-7/h3-4,6-7H,1-2,5H2,(H,15,16). The monoisotopic (exact) mass is 217 g/mol. The Morgan fingerprint density at radius 3 is 2.94 bits per heavy atom. The quantitative estimate of drug-likeness (QED) is 0.843. The van der Waals surface area contributed by atoms with Crippen molar-refractivity contribution >= 4 is 11.6 Å². The van der Waals surface area contributed by atoms with Gasteiger partial charge in [0.25, 0.3) is 0 Å². The molecule has 1 N–H and O–H groups in total. The Morgan fingerprint density at radius 1 is 1.44 bits per heavy atom. The second kappa shape index (κ2) is 3.30. The van der Waals surface area contributed by atoms with Crippen molar-refractivity contribution in [3.8, 4) is 0 Å². The second-order valence-corrected chi connectivity index (χ2v) is 4.21. The van der Waals surface area contributed by atoms with Crippen molar-refractivity contribution < 1.29 is 9.90 Å². The Kier molecular flexibility index (Phi) is 1.92. The van der Waals surface area contributed by atoms with Crippen LogP contribution in [-0.2, 0) is 6.42 Å². The number of aromatic nitrogens is 3. The van der Waals surface area contributed by atoms with E-state index in [0.717, 1.165) is 12.2 Å². The van der Waals surface area contributed by atoms with Crippen molar-refractivity contribution in [1.82, 2.24) is 14.6 Å². The highest BCUT2D eigenvalue weighted by Crippen LogP contribution is 2.32. The molecule has 82 valence electrons. The van der Waals surface area contributed by atoms with E-state index in [0.29, 0.717) is 11.6 Å². The Morgan fingerprint density at radius 2 is 2.25 bits per heavy atom. The van der Waals surface area contributed by atoms with Crippen LogP contribution >= 0.6 is 0 Å². The van der Waals surface area contributed by atoms with Crippen molar-refractivity contribution in [2.24, 2.45) is 5.92 Å². The van der Waals surface area contributed by atoms with E-state index in [2.05, 4.69) is 10.2 Å². The van der Waals surface area contributed by atoms with Crippen LogP contribution < -0.4 is 0 Å². The zero-order chi connectivity index (χ0) is 11.1. The molecular weight excluding hydrogens is 206 g/mol. The lowest BCUT2D eigenvalue weighted by atomic mass is 10.2. The van der Waals surface area contributed by atoms with Crippen molar-refractivity contribution in [1.29, 1.82) is 0 Å². The van der Waals surface area contributed by atoms with E-state index in [4.69, 9.17) is 5.11 Å². The fraction of sp³-hybridized carbons (Fsp3) is 0.364. The highest BCUT2D eigenvalue weighted by molar-refractivity contribution is 5.87. The Balaban J connectivity index is 2.07. The summed E-state index contributed by atoms with van der Waals surface area (Å²) in [5.41, 5.74) is 0.977. The number of carbonyl (C=O) groups is 1. The molecule has 0 bridgehead atoms. The first-order chi connectivity index (χ1) is 7.74. The third-order valence-corrected chi connectivity index (χ3v) is 2.89. The summed E-state index contributed by atoms with van der Waals surface area (Å²) in [7, 11) is 0. The van der Waals surface area contributed by atoms with Crippen molar-refractivity contribution in [2.45, 2.75) is 19.3 Å². The van der Waals surface area contributed by atoms with Gasteiger partial charge in [0.05, 0.1) is 5.56 Å². The predicted octanol–water partition coefficient (Wildman–Crippen LogP) is 1.38. The first kappa shape index (κ1) is 9.33. The molecule has 0 aliphatic heterocycles. The van der Waals surface area contributed by atoms with Gasteiger partial charge in [-0.2, -0.15) is 0 Å². The number of rotatable bonds is 3. The van der Waals surface area contributed by atoms with Gasteiger partial charge in [0.2, 0.25) is 0 Å². The highest BCUT2D eigenvalue weighted by Gasteiger charge is 2.24. The van der Waals surface area contributed by atoms with E-state index >= 15 is 0 Å². The van der Waals surface area contributed by atoms with Crippen molar-refractivity contribution in [3.63, 3.8) is 0 Å². The lowest BCUT2D eigenvalue weighted by Gasteiger charge is -1.99. The number of aromatic carboxylic acids is 1. The fourth-order valence-corrected chi connectivity index (χ4v) is 1.78. The van der Waals surface area contributed by atoms with Gasteiger partial charge in [0.1, 0.15) is 5.82 Å². The number of hydrogen-bond acceptors (Lipinski definition) is 3. The SMILES string of the molecule is O=C(O)c1ccc2nnc(CC3CC3)n2c1. The van der Waals surface area contributed by atoms with Crippen molar-refractivity contribution in [2.75, 3.05) is 0 Å². The third kappa shape index (κ3) is 1.54. The van der Waals surface area contributed by atoms with Gasteiger partial charge in [-0.05, 0) is 30.9 Å². The number of carboxylic acids is 1. The molecule has 5 heteroatoms. The first-order valence-electron chi connectivity index (χ1n) is 5.31. The molecule has 5 nitrogen and oxygen atoms in total. The summed E-state index contributed by atoms with van der Waals surface area (Å²) in [6.45, 7) is 0. The molecule has 1 fully saturated rings. The molecule has 0 saturated heterocycles. The topological polar surface area (TPSA) is 67.5 Å². The van der Waals surface area contributed by atoms with Crippen LogP contribution in [0.4, 0.5) is 0 Å². The van der Waals surface area contributed by atoms with Crippen molar-refractivity contribution in [3.05, 3.63) is 29.7 Å². The van der Waals surface area contributed by atoms with Gasteiger partial charge in [-0.3, -0.25) is 4.40 Å². The zero-order valence-corrected chi connectivity index (χ0v) is 8.63. The summed E-state index contributed by atoms with van der Waals surface area (Å²) in [6.07, 6.45) is 4.97. The summed E-state index contributed by atoms with van der Waals surface area (Å²) >= 11 is 0. The van der Waals surface area contributed by atoms with Crippen LogP contribution in [0.2, 0.25) is 0 Å². The molecule has 0 aromatic carbocycles. The van der Waals surface area contributed by atoms with E-state index in [9.17, 15) is 4.79 Å². The summed E-state index contributed by atoms with van der Waals surface area (Å²) in [4.78, 5) is 10.9. The smallest absolute Gasteiger partial charge is 0.337 e. The molecule has 0 atom stereocenters. The van der Waals surface area contributed by atoms with Crippen LogP contribution in [0.5, 0.6) is 0 Å². The third-order valence-electron chi connectivity index (χ3n) is 2.89. The molecule has 1 aliphatic carbocycles. The Labute approximate surface area is 91.7 Å². The molecule has 0 spiro atoms. The van der Waals surface area contributed by atoms with Crippen LogP contribution in [0.3, 0.4) is 0 Å². The lowest BCUT2D eigenvalue weighted by molar-refractivity contribution is 0.0696. The van der Waals surface area contributed by atoms with Gasteiger partial charge in [0, 0.05) is 12.6 Å². The molecule has 1 aliphatic rings. The van der Waals surface area contributed by atoms with Crippen LogP contribution in [-0.4, -0.2) is 25.7 Å². The summed E-state index contributed by atoms with van der Waals surface area (Å²) in [6, 6.07) is 3.24. The van der Waals surface area contributed by atoms with Gasteiger partial charge >= 0.3 is 5.97 Å². The van der Waals surface area contributed by atoms with Crippen LogP contribution in [0.15, 0.2) is 18.3 Å². The normalized spacial score (nSPS) is 15.5. The maximum Gasteiger partial charge on any atom is 0.337 e. The minimum Gasteiger partial charge on any atom is -0.478 e. The highest BCUT2D eigenvalue weighted by atomic mass is 16.4. The summed E-state index contributed by atoms with van der Waals surface area (Å²) < 4.78 is 1.78. The number of fused-ring (bicyclic) bond motifs is 1. The van der Waals surface area contributed by atoms with Gasteiger partial charge < -0.3 is 5.11 Å². The molecule has 0 amide bonds. The zero-order valence-electron chi connectivity index (χ0n) is 8.63. The Bertz CT molecular complexity index is 557. The number of nitrogens with zero attached hydrogens (tertiary/aromatic N) is 3. The summed E-state index contributed by atoms with van der Waals surface area (Å²) in [5, 5.41) is 17.0. The molecule has 16 heavy (non-hydrogen) atoms. The average Bonchev–Trinajstić information content (AvgIpc) is 2.99. The molecule has 2 aromatic heterocycles. The second-order valence-electron chi connectivity index (χ2n) is 4.21.